The number of nitrogens with zero attached hydrogens (tertiary/aromatic N) is 3. The molecule has 0 aliphatic carbocycles. The van der Waals surface area contributed by atoms with Crippen LogP contribution in [0.5, 0.6) is 0 Å². The van der Waals surface area contributed by atoms with Crippen LogP contribution in [0.2, 0.25) is 0 Å². The fraction of sp³-hybridized carbons (Fsp3) is 0.538. The molecule has 0 aliphatic rings. The van der Waals surface area contributed by atoms with E-state index in [-0.39, 0.29) is 5.75 Å². The molecule has 2 aromatic heterocycles. The minimum Gasteiger partial charge on any atom is -0.321 e. The van der Waals surface area contributed by atoms with Crippen LogP contribution in [0.15, 0.2) is 18.3 Å². The van der Waals surface area contributed by atoms with Gasteiger partial charge in [-0.3, -0.25) is 0 Å². The molecule has 0 spiro atoms. The van der Waals surface area contributed by atoms with Crippen molar-refractivity contribution in [3.63, 3.8) is 0 Å². The maximum atomic E-state index is 11.3. The van der Waals surface area contributed by atoms with Crippen LogP contribution in [-0.2, 0) is 16.4 Å². The molecular formula is C13H20N4O2S. The first-order chi connectivity index (χ1) is 9.42. The number of rotatable bonds is 6. The fourth-order valence-corrected chi connectivity index (χ4v) is 2.86. The topological polar surface area (TPSA) is 90.9 Å². The minimum absolute atomic E-state index is 0.0664. The zero-order valence-corrected chi connectivity index (χ0v) is 12.6. The molecule has 20 heavy (non-hydrogen) atoms. The van der Waals surface area contributed by atoms with Crippen molar-refractivity contribution in [2.75, 3.05) is 12.0 Å². The second-order valence-electron chi connectivity index (χ2n) is 4.99. The zero-order valence-electron chi connectivity index (χ0n) is 11.8. The van der Waals surface area contributed by atoms with Gasteiger partial charge in [0.05, 0.1) is 11.8 Å². The van der Waals surface area contributed by atoms with Crippen LogP contribution in [0.4, 0.5) is 0 Å². The fourth-order valence-electron chi connectivity index (χ4n) is 2.17. The van der Waals surface area contributed by atoms with Gasteiger partial charge in [-0.2, -0.15) is 0 Å². The molecule has 0 bridgehead atoms. The second kappa shape index (κ2) is 5.88. The van der Waals surface area contributed by atoms with Gasteiger partial charge >= 0.3 is 0 Å². The van der Waals surface area contributed by atoms with E-state index in [1.807, 2.05) is 16.7 Å². The number of aromatic nitrogens is 3. The van der Waals surface area contributed by atoms with Crippen molar-refractivity contribution in [2.24, 2.45) is 5.73 Å². The standard InChI is InChI=1S/C13H20N4O2S/c1-3-8-17-12(10(14)6-9-20(2,18)19)16-11-5-4-7-15-13(11)17/h4-5,7,10H,3,6,8-9,14H2,1-2H3. The zero-order chi connectivity index (χ0) is 14.8. The van der Waals surface area contributed by atoms with Gasteiger partial charge in [-0.15, -0.1) is 0 Å². The Morgan fingerprint density at radius 3 is 2.85 bits per heavy atom. The first-order valence-corrected chi connectivity index (χ1v) is 8.73. The third kappa shape index (κ3) is 3.34. The number of sulfone groups is 1. The molecule has 1 unspecified atom stereocenters. The summed E-state index contributed by atoms with van der Waals surface area (Å²) in [7, 11) is -3.02. The van der Waals surface area contributed by atoms with Crippen molar-refractivity contribution in [3.8, 4) is 0 Å². The Morgan fingerprint density at radius 1 is 1.45 bits per heavy atom. The molecule has 0 fully saturated rings. The first-order valence-electron chi connectivity index (χ1n) is 6.67. The maximum absolute atomic E-state index is 11.3. The van der Waals surface area contributed by atoms with E-state index in [9.17, 15) is 8.42 Å². The van der Waals surface area contributed by atoms with Gasteiger partial charge in [0.2, 0.25) is 0 Å². The van der Waals surface area contributed by atoms with Gasteiger partial charge in [0.15, 0.2) is 5.65 Å². The summed E-state index contributed by atoms with van der Waals surface area (Å²) in [5, 5.41) is 0. The quantitative estimate of drug-likeness (QED) is 0.867. The highest BCUT2D eigenvalue weighted by molar-refractivity contribution is 7.90. The maximum Gasteiger partial charge on any atom is 0.160 e. The molecule has 2 rings (SSSR count). The summed E-state index contributed by atoms with van der Waals surface area (Å²) in [6, 6.07) is 3.32. The number of hydrogen-bond acceptors (Lipinski definition) is 5. The van der Waals surface area contributed by atoms with Crippen LogP contribution < -0.4 is 5.73 Å². The summed E-state index contributed by atoms with van der Waals surface area (Å²) < 4.78 is 24.5. The smallest absolute Gasteiger partial charge is 0.160 e. The SMILES string of the molecule is CCCn1c(C(N)CCS(C)(=O)=O)nc2cccnc21. The molecule has 0 radical (unpaired) electrons. The normalized spacial score (nSPS) is 13.8. The molecule has 7 heteroatoms. The molecule has 2 aromatic rings. The van der Waals surface area contributed by atoms with Crippen LogP contribution in [0, 0.1) is 0 Å². The van der Waals surface area contributed by atoms with E-state index in [1.54, 1.807) is 6.20 Å². The minimum atomic E-state index is -3.02. The Balaban J connectivity index is 2.34. The number of hydrogen-bond donors (Lipinski definition) is 1. The number of nitrogens with two attached hydrogens (primary N) is 1. The van der Waals surface area contributed by atoms with Crippen molar-refractivity contribution >= 4 is 21.0 Å². The Bertz CT molecular complexity index is 693. The number of imidazole rings is 1. The number of aryl methyl sites for hydroxylation is 1. The molecule has 6 nitrogen and oxygen atoms in total. The molecule has 110 valence electrons. The van der Waals surface area contributed by atoms with Gasteiger partial charge in [0.25, 0.3) is 0 Å². The molecule has 2 heterocycles. The summed E-state index contributed by atoms with van der Waals surface area (Å²) in [6.45, 7) is 2.84. The van der Waals surface area contributed by atoms with Gasteiger partial charge < -0.3 is 10.3 Å². The number of pyridine rings is 1. The highest BCUT2D eigenvalue weighted by Gasteiger charge is 2.18. The highest BCUT2D eigenvalue weighted by Crippen LogP contribution is 2.20. The van der Waals surface area contributed by atoms with E-state index >= 15 is 0 Å². The van der Waals surface area contributed by atoms with Crippen molar-refractivity contribution in [1.29, 1.82) is 0 Å². The molecule has 1 atom stereocenters. The Morgan fingerprint density at radius 2 is 2.20 bits per heavy atom. The summed E-state index contributed by atoms with van der Waals surface area (Å²) in [6.07, 6.45) is 4.25. The van der Waals surface area contributed by atoms with E-state index in [0.29, 0.717) is 12.2 Å². The summed E-state index contributed by atoms with van der Waals surface area (Å²) in [5.74, 6) is 0.779. The lowest BCUT2D eigenvalue weighted by Crippen LogP contribution is -2.20. The van der Waals surface area contributed by atoms with E-state index in [2.05, 4.69) is 16.9 Å². The van der Waals surface area contributed by atoms with Crippen LogP contribution in [0.25, 0.3) is 11.2 Å². The largest absolute Gasteiger partial charge is 0.321 e. The third-order valence-electron chi connectivity index (χ3n) is 3.11. The van der Waals surface area contributed by atoms with Crippen molar-refractivity contribution < 1.29 is 8.42 Å². The lowest BCUT2D eigenvalue weighted by molar-refractivity contribution is 0.561. The molecule has 0 amide bonds. The average molecular weight is 296 g/mol. The molecule has 0 saturated carbocycles. The predicted molar refractivity (Wildman–Crippen MR) is 79.1 cm³/mol. The van der Waals surface area contributed by atoms with Crippen molar-refractivity contribution in [2.45, 2.75) is 32.4 Å². The monoisotopic (exact) mass is 296 g/mol. The van der Waals surface area contributed by atoms with Gasteiger partial charge in [0, 0.05) is 19.0 Å². The Hall–Kier alpha value is -1.47. The van der Waals surface area contributed by atoms with Gasteiger partial charge in [-0.05, 0) is 25.0 Å². The number of fused-ring (bicyclic) bond motifs is 1. The lowest BCUT2D eigenvalue weighted by atomic mass is 10.2. The first kappa shape index (κ1) is 14.9. The molecule has 0 aliphatic heterocycles. The van der Waals surface area contributed by atoms with Crippen molar-refractivity contribution in [1.82, 2.24) is 14.5 Å². The van der Waals surface area contributed by atoms with Gasteiger partial charge in [-0.25, -0.2) is 18.4 Å². The van der Waals surface area contributed by atoms with Crippen LogP contribution >= 0.6 is 0 Å². The highest BCUT2D eigenvalue weighted by atomic mass is 32.2. The summed E-state index contributed by atoms with van der Waals surface area (Å²) >= 11 is 0. The second-order valence-corrected chi connectivity index (χ2v) is 7.25. The molecule has 2 N–H and O–H groups in total. The molecular weight excluding hydrogens is 276 g/mol. The summed E-state index contributed by atoms with van der Waals surface area (Å²) in [4.78, 5) is 8.85. The Labute approximate surface area is 118 Å². The van der Waals surface area contributed by atoms with E-state index in [1.165, 1.54) is 6.26 Å². The van der Waals surface area contributed by atoms with Crippen LogP contribution in [-0.4, -0.2) is 35.0 Å². The summed E-state index contributed by atoms with van der Waals surface area (Å²) in [5.41, 5.74) is 7.72. The lowest BCUT2D eigenvalue weighted by Gasteiger charge is -2.13. The Kier molecular flexibility index (Phi) is 4.39. The predicted octanol–water partition coefficient (Wildman–Crippen LogP) is 1.28. The molecule has 0 aromatic carbocycles. The van der Waals surface area contributed by atoms with Gasteiger partial charge in [0.1, 0.15) is 21.2 Å². The van der Waals surface area contributed by atoms with Crippen LogP contribution in [0.3, 0.4) is 0 Å². The van der Waals surface area contributed by atoms with Crippen molar-refractivity contribution in [3.05, 3.63) is 24.2 Å². The van der Waals surface area contributed by atoms with E-state index < -0.39 is 15.9 Å². The average Bonchev–Trinajstić information content (AvgIpc) is 2.75. The van der Waals surface area contributed by atoms with E-state index in [0.717, 1.165) is 24.1 Å². The molecule has 0 saturated heterocycles. The van der Waals surface area contributed by atoms with E-state index in [4.69, 9.17) is 5.73 Å². The van der Waals surface area contributed by atoms with Crippen LogP contribution in [0.1, 0.15) is 31.6 Å². The van der Waals surface area contributed by atoms with Gasteiger partial charge in [-0.1, -0.05) is 6.92 Å². The third-order valence-corrected chi connectivity index (χ3v) is 4.09.